The summed E-state index contributed by atoms with van der Waals surface area (Å²) in [6.07, 6.45) is 7.57. The minimum atomic E-state index is 0.268. The van der Waals surface area contributed by atoms with Crippen LogP contribution in [-0.4, -0.2) is 24.2 Å². The number of rotatable bonds is 2. The van der Waals surface area contributed by atoms with Crippen molar-refractivity contribution in [1.82, 2.24) is 5.32 Å². The van der Waals surface area contributed by atoms with Gasteiger partial charge in [-0.15, -0.1) is 0 Å². The van der Waals surface area contributed by atoms with E-state index in [1.54, 1.807) is 0 Å². The van der Waals surface area contributed by atoms with Crippen molar-refractivity contribution in [3.63, 3.8) is 0 Å². The number of amides is 1. The molecule has 3 atom stereocenters. The van der Waals surface area contributed by atoms with E-state index in [0.29, 0.717) is 24.2 Å². The van der Waals surface area contributed by atoms with Crippen molar-refractivity contribution in [1.29, 1.82) is 0 Å². The van der Waals surface area contributed by atoms with Crippen LogP contribution in [0.4, 0.5) is 0 Å². The van der Waals surface area contributed by atoms with Crippen molar-refractivity contribution in [2.24, 2.45) is 5.92 Å². The molecule has 3 heteroatoms. The summed E-state index contributed by atoms with van der Waals surface area (Å²) in [5.74, 6) is 0.595. The van der Waals surface area contributed by atoms with Gasteiger partial charge in [0.25, 0.3) is 0 Å². The van der Waals surface area contributed by atoms with E-state index >= 15 is 0 Å². The number of hydrogen-bond donors (Lipinski definition) is 1. The highest BCUT2D eigenvalue weighted by molar-refractivity contribution is 5.81. The Hall–Kier alpha value is -0.570. The van der Waals surface area contributed by atoms with Gasteiger partial charge in [-0.1, -0.05) is 0 Å². The molecule has 2 heterocycles. The Morgan fingerprint density at radius 2 is 1.86 bits per heavy atom. The van der Waals surface area contributed by atoms with Crippen LogP contribution in [0.25, 0.3) is 0 Å². The maximum Gasteiger partial charge on any atom is 0.223 e. The molecule has 3 unspecified atom stereocenters. The van der Waals surface area contributed by atoms with Crippen LogP contribution in [0.15, 0.2) is 0 Å². The molecule has 78 valence electrons. The minimum Gasteiger partial charge on any atom is -0.373 e. The number of nitrogens with one attached hydrogen (secondary N) is 1. The molecule has 14 heavy (non-hydrogen) atoms. The van der Waals surface area contributed by atoms with Gasteiger partial charge in [0, 0.05) is 5.92 Å². The van der Waals surface area contributed by atoms with E-state index in [1.165, 1.54) is 6.42 Å². The molecule has 3 aliphatic rings. The normalized spacial score (nSPS) is 41.0. The number of carbonyl (C=O) groups excluding carboxylic acids is 1. The highest BCUT2D eigenvalue weighted by atomic mass is 16.5. The fraction of sp³-hybridized carbons (Fsp3) is 0.909. The Morgan fingerprint density at radius 1 is 1.07 bits per heavy atom. The van der Waals surface area contributed by atoms with Crippen molar-refractivity contribution >= 4 is 5.91 Å². The monoisotopic (exact) mass is 195 g/mol. The molecule has 1 saturated carbocycles. The third-order valence-electron chi connectivity index (χ3n) is 3.66. The van der Waals surface area contributed by atoms with E-state index in [-0.39, 0.29) is 5.91 Å². The average molecular weight is 195 g/mol. The van der Waals surface area contributed by atoms with E-state index in [1.807, 2.05) is 0 Å². The molecule has 2 aliphatic heterocycles. The van der Waals surface area contributed by atoms with E-state index in [2.05, 4.69) is 5.32 Å². The second-order valence-electron chi connectivity index (χ2n) is 4.84. The van der Waals surface area contributed by atoms with Crippen molar-refractivity contribution in [2.45, 2.75) is 56.8 Å². The second kappa shape index (κ2) is 3.23. The van der Waals surface area contributed by atoms with Crippen molar-refractivity contribution < 1.29 is 9.53 Å². The van der Waals surface area contributed by atoms with Gasteiger partial charge in [-0.25, -0.2) is 0 Å². The molecule has 2 saturated heterocycles. The molecule has 1 aliphatic carbocycles. The predicted octanol–water partition coefficient (Wildman–Crippen LogP) is 1.22. The van der Waals surface area contributed by atoms with Gasteiger partial charge < -0.3 is 10.1 Å². The first-order chi connectivity index (χ1) is 6.83. The molecule has 2 bridgehead atoms. The Bertz CT molecular complexity index is 250. The van der Waals surface area contributed by atoms with Gasteiger partial charge in [0.1, 0.15) is 0 Å². The first kappa shape index (κ1) is 8.72. The van der Waals surface area contributed by atoms with Gasteiger partial charge in [0.2, 0.25) is 5.91 Å². The smallest absolute Gasteiger partial charge is 0.223 e. The summed E-state index contributed by atoms with van der Waals surface area (Å²) in [5, 5.41) is 3.14. The number of carbonyl (C=O) groups is 1. The molecule has 0 spiro atoms. The maximum atomic E-state index is 11.6. The second-order valence-corrected chi connectivity index (χ2v) is 4.84. The molecule has 3 nitrogen and oxygen atoms in total. The summed E-state index contributed by atoms with van der Waals surface area (Å²) in [6, 6.07) is 0.307. The first-order valence-electron chi connectivity index (χ1n) is 5.79. The van der Waals surface area contributed by atoms with Crippen LogP contribution in [0.1, 0.15) is 38.5 Å². The molecule has 0 aromatic rings. The van der Waals surface area contributed by atoms with Crippen LogP contribution in [0.3, 0.4) is 0 Å². The predicted molar refractivity (Wildman–Crippen MR) is 51.8 cm³/mol. The van der Waals surface area contributed by atoms with Crippen molar-refractivity contribution in [3.05, 3.63) is 0 Å². The lowest BCUT2D eigenvalue weighted by Gasteiger charge is -2.30. The molecule has 3 fully saturated rings. The van der Waals surface area contributed by atoms with Gasteiger partial charge >= 0.3 is 0 Å². The summed E-state index contributed by atoms with van der Waals surface area (Å²) in [7, 11) is 0. The number of hydrogen-bond acceptors (Lipinski definition) is 2. The fourth-order valence-electron chi connectivity index (χ4n) is 2.60. The van der Waals surface area contributed by atoms with Gasteiger partial charge in [-0.05, 0) is 38.5 Å². The Labute approximate surface area is 84.2 Å². The minimum absolute atomic E-state index is 0.268. The maximum absolute atomic E-state index is 11.6. The summed E-state index contributed by atoms with van der Waals surface area (Å²) < 4.78 is 5.80. The van der Waals surface area contributed by atoms with E-state index in [9.17, 15) is 4.79 Å². The summed E-state index contributed by atoms with van der Waals surface area (Å²) in [5.41, 5.74) is 0. The van der Waals surface area contributed by atoms with Crippen LogP contribution in [0.2, 0.25) is 0 Å². The standard InChI is InChI=1S/C11H17NO2/c13-11(7-1-2-7)12-9-5-3-8-4-6-10(9)14-8/h7-10H,1-6H2,(H,12,13). The van der Waals surface area contributed by atoms with Gasteiger partial charge in [0.05, 0.1) is 18.2 Å². The third kappa shape index (κ3) is 1.54. The topological polar surface area (TPSA) is 38.3 Å². The quantitative estimate of drug-likeness (QED) is 0.719. The summed E-state index contributed by atoms with van der Waals surface area (Å²) in [4.78, 5) is 11.6. The lowest BCUT2D eigenvalue weighted by atomic mass is 10.0. The van der Waals surface area contributed by atoms with Crippen LogP contribution in [0, 0.1) is 5.92 Å². The fourth-order valence-corrected chi connectivity index (χ4v) is 2.60. The Morgan fingerprint density at radius 3 is 2.64 bits per heavy atom. The van der Waals surface area contributed by atoms with Gasteiger partial charge in [-0.2, -0.15) is 0 Å². The molecular weight excluding hydrogens is 178 g/mol. The highest BCUT2D eigenvalue weighted by Gasteiger charge is 2.39. The summed E-state index contributed by atoms with van der Waals surface area (Å²) in [6.45, 7) is 0. The molecule has 1 amide bonds. The lowest BCUT2D eigenvalue weighted by Crippen LogP contribution is -2.46. The first-order valence-corrected chi connectivity index (χ1v) is 5.79. The molecule has 0 aromatic heterocycles. The van der Waals surface area contributed by atoms with Gasteiger partial charge in [0.15, 0.2) is 0 Å². The zero-order chi connectivity index (χ0) is 9.54. The van der Waals surface area contributed by atoms with Gasteiger partial charge in [-0.3, -0.25) is 4.79 Å². The van der Waals surface area contributed by atoms with Crippen molar-refractivity contribution in [2.75, 3.05) is 0 Å². The van der Waals surface area contributed by atoms with Crippen LogP contribution in [-0.2, 0) is 9.53 Å². The van der Waals surface area contributed by atoms with E-state index in [0.717, 1.165) is 32.1 Å². The molecular formula is C11H17NO2. The number of ether oxygens (including phenoxy) is 1. The Balaban J connectivity index is 1.58. The van der Waals surface area contributed by atoms with E-state index < -0.39 is 0 Å². The molecule has 1 N–H and O–H groups in total. The van der Waals surface area contributed by atoms with Crippen LogP contribution in [0.5, 0.6) is 0 Å². The molecule has 0 radical (unpaired) electrons. The van der Waals surface area contributed by atoms with Crippen molar-refractivity contribution in [3.8, 4) is 0 Å². The molecule has 0 aromatic carbocycles. The highest BCUT2D eigenvalue weighted by Crippen LogP contribution is 2.34. The number of fused-ring (bicyclic) bond motifs is 2. The van der Waals surface area contributed by atoms with E-state index in [4.69, 9.17) is 4.74 Å². The largest absolute Gasteiger partial charge is 0.373 e. The third-order valence-corrected chi connectivity index (χ3v) is 3.66. The summed E-state index contributed by atoms with van der Waals surface area (Å²) >= 11 is 0. The SMILES string of the molecule is O=C(NC1CCC2CCC1O2)C1CC1. The lowest BCUT2D eigenvalue weighted by molar-refractivity contribution is -0.125. The van der Waals surface area contributed by atoms with Crippen LogP contribution < -0.4 is 5.32 Å². The zero-order valence-corrected chi connectivity index (χ0v) is 8.37. The Kier molecular flexibility index (Phi) is 2.01. The average Bonchev–Trinajstić information content (AvgIpc) is 2.96. The molecule has 3 rings (SSSR count). The zero-order valence-electron chi connectivity index (χ0n) is 8.37. The van der Waals surface area contributed by atoms with Crippen LogP contribution >= 0.6 is 0 Å².